The van der Waals surface area contributed by atoms with Gasteiger partial charge in [-0.25, -0.2) is 0 Å². The normalized spacial score (nSPS) is 10.7. The third kappa shape index (κ3) is 4.61. The molecule has 3 rings (SSSR count). The van der Waals surface area contributed by atoms with Crippen LogP contribution in [0.5, 0.6) is 0 Å². The van der Waals surface area contributed by atoms with Crippen molar-refractivity contribution in [2.75, 3.05) is 36.6 Å². The molecule has 25 heavy (non-hydrogen) atoms. The van der Waals surface area contributed by atoms with Crippen molar-refractivity contribution in [2.24, 2.45) is 0 Å². The minimum atomic E-state index is -0.112. The quantitative estimate of drug-likeness (QED) is 0.583. The van der Waals surface area contributed by atoms with Gasteiger partial charge < -0.3 is 10.2 Å². The molecule has 3 aromatic rings. The highest BCUT2D eigenvalue weighted by molar-refractivity contribution is 7.64. The van der Waals surface area contributed by atoms with Gasteiger partial charge in [0.1, 0.15) is 0 Å². The number of rotatable bonds is 7. The van der Waals surface area contributed by atoms with Crippen LogP contribution < -0.4 is 15.5 Å². The lowest BCUT2D eigenvalue weighted by atomic mass is 10.2. The molecule has 1 N–H and O–H groups in total. The monoisotopic (exact) mass is 348 g/mol. The summed E-state index contributed by atoms with van der Waals surface area (Å²) in [7, 11) is -0.112. The van der Waals surface area contributed by atoms with Crippen LogP contribution in [0.25, 0.3) is 0 Å². The van der Waals surface area contributed by atoms with Crippen molar-refractivity contribution in [3.8, 4) is 0 Å². The molecular formula is C22H25N2P. The maximum atomic E-state index is 3.64. The van der Waals surface area contributed by atoms with Gasteiger partial charge in [-0.3, -0.25) is 0 Å². The zero-order valence-electron chi connectivity index (χ0n) is 14.9. The van der Waals surface area contributed by atoms with Crippen molar-refractivity contribution in [2.45, 2.75) is 0 Å². The maximum absolute atomic E-state index is 3.64. The molecule has 2 nitrogen and oxygen atoms in total. The van der Waals surface area contributed by atoms with Gasteiger partial charge in [-0.05, 0) is 49.0 Å². The van der Waals surface area contributed by atoms with Crippen LogP contribution in [0, 0.1) is 0 Å². The van der Waals surface area contributed by atoms with Crippen LogP contribution in [0.3, 0.4) is 0 Å². The molecule has 0 fully saturated rings. The van der Waals surface area contributed by atoms with Gasteiger partial charge >= 0.3 is 0 Å². The largest absolute Gasteiger partial charge is 0.383 e. The van der Waals surface area contributed by atoms with E-state index in [0.717, 1.165) is 13.1 Å². The lowest BCUT2D eigenvalue weighted by Gasteiger charge is -2.26. The second-order valence-corrected chi connectivity index (χ2v) is 8.43. The van der Waals surface area contributed by atoms with E-state index in [2.05, 4.69) is 108 Å². The first-order chi connectivity index (χ1) is 12.3. The maximum Gasteiger partial charge on any atom is 0.0418 e. The second kappa shape index (κ2) is 8.69. The van der Waals surface area contributed by atoms with Crippen LogP contribution in [-0.4, -0.2) is 26.4 Å². The van der Waals surface area contributed by atoms with E-state index < -0.39 is 0 Å². The number of hydrogen-bond acceptors (Lipinski definition) is 2. The van der Waals surface area contributed by atoms with Gasteiger partial charge in [0.15, 0.2) is 0 Å². The van der Waals surface area contributed by atoms with Crippen LogP contribution in [0.15, 0.2) is 84.9 Å². The molecule has 0 saturated heterocycles. The minimum absolute atomic E-state index is 0.112. The van der Waals surface area contributed by atoms with Crippen LogP contribution in [0.1, 0.15) is 0 Å². The van der Waals surface area contributed by atoms with Gasteiger partial charge in [0.2, 0.25) is 0 Å². The van der Waals surface area contributed by atoms with E-state index in [1.807, 2.05) is 0 Å². The fourth-order valence-electron chi connectivity index (χ4n) is 2.94. The molecule has 0 unspecified atom stereocenters. The fraction of sp³-hybridized carbons (Fsp3) is 0.182. The van der Waals surface area contributed by atoms with Crippen molar-refractivity contribution in [1.82, 2.24) is 0 Å². The van der Waals surface area contributed by atoms with Crippen molar-refractivity contribution >= 4 is 30.3 Å². The molecule has 0 bridgehead atoms. The molecule has 0 aliphatic heterocycles. The first kappa shape index (κ1) is 17.5. The molecule has 3 heteroatoms. The van der Waals surface area contributed by atoms with E-state index in [1.165, 1.54) is 22.4 Å². The third-order valence-corrected chi connectivity index (χ3v) is 5.53. The predicted molar refractivity (Wildman–Crippen MR) is 113 cm³/mol. The van der Waals surface area contributed by atoms with Gasteiger partial charge in [-0.1, -0.05) is 62.5 Å². The average Bonchev–Trinajstić information content (AvgIpc) is 2.67. The first-order valence-corrected chi connectivity index (χ1v) is 10.9. The Balaban J connectivity index is 1.74. The molecule has 0 spiro atoms. The Bertz CT molecular complexity index is 733. The molecule has 0 aliphatic carbocycles. The Morgan fingerprint density at radius 3 is 1.80 bits per heavy atom. The lowest BCUT2D eigenvalue weighted by molar-refractivity contribution is 0.958. The number of nitrogens with one attached hydrogen (secondary N) is 1. The molecule has 0 heterocycles. The smallest absolute Gasteiger partial charge is 0.0418 e. The summed E-state index contributed by atoms with van der Waals surface area (Å²) in [5.74, 6) is 0. The van der Waals surface area contributed by atoms with Crippen LogP contribution in [0.2, 0.25) is 0 Å². The summed E-state index contributed by atoms with van der Waals surface area (Å²) in [5.41, 5.74) is 3.70. The van der Waals surface area contributed by atoms with Gasteiger partial charge in [-0.2, -0.15) is 0 Å². The lowest BCUT2D eigenvalue weighted by Crippen LogP contribution is -2.25. The molecule has 128 valence electrons. The van der Waals surface area contributed by atoms with Crippen molar-refractivity contribution < 1.29 is 0 Å². The minimum Gasteiger partial charge on any atom is -0.383 e. The fourth-order valence-corrected chi connectivity index (χ4v) is 3.96. The SMILES string of the molecule is CP(C)c1ccccc1NCCN(c1ccccc1)c1ccccc1. The topological polar surface area (TPSA) is 15.3 Å². The molecule has 0 radical (unpaired) electrons. The average molecular weight is 348 g/mol. The van der Waals surface area contributed by atoms with E-state index in [0.29, 0.717) is 0 Å². The standard InChI is InChI=1S/C22H25N2P/c1-25(2)22-16-10-9-15-21(22)23-17-18-24(19-11-5-3-6-12-19)20-13-7-4-8-14-20/h3-16,23H,17-18H2,1-2H3. The van der Waals surface area contributed by atoms with Crippen molar-refractivity contribution in [1.29, 1.82) is 0 Å². The Labute approximate surface area is 152 Å². The number of anilines is 3. The highest BCUT2D eigenvalue weighted by atomic mass is 31.1. The summed E-state index contributed by atoms with van der Waals surface area (Å²) >= 11 is 0. The number of para-hydroxylation sites is 3. The summed E-state index contributed by atoms with van der Waals surface area (Å²) in [6, 6.07) is 29.8. The number of nitrogens with zero attached hydrogens (tertiary/aromatic N) is 1. The summed E-state index contributed by atoms with van der Waals surface area (Å²) in [6.07, 6.45) is 0. The molecular weight excluding hydrogens is 323 g/mol. The van der Waals surface area contributed by atoms with E-state index in [-0.39, 0.29) is 7.92 Å². The summed E-state index contributed by atoms with van der Waals surface area (Å²) in [6.45, 7) is 6.41. The zero-order chi connectivity index (χ0) is 17.5. The highest BCUT2D eigenvalue weighted by Crippen LogP contribution is 2.28. The summed E-state index contributed by atoms with van der Waals surface area (Å²) in [4.78, 5) is 2.36. The molecule has 0 aromatic heterocycles. The molecule has 0 atom stereocenters. The van der Waals surface area contributed by atoms with Crippen LogP contribution in [-0.2, 0) is 0 Å². The molecule has 0 amide bonds. The van der Waals surface area contributed by atoms with E-state index in [4.69, 9.17) is 0 Å². The van der Waals surface area contributed by atoms with Gasteiger partial charge in [0.05, 0.1) is 0 Å². The van der Waals surface area contributed by atoms with Crippen molar-refractivity contribution in [3.63, 3.8) is 0 Å². The summed E-state index contributed by atoms with van der Waals surface area (Å²) < 4.78 is 0. The van der Waals surface area contributed by atoms with Gasteiger partial charge in [-0.15, -0.1) is 0 Å². The first-order valence-electron chi connectivity index (χ1n) is 8.63. The summed E-state index contributed by atoms with van der Waals surface area (Å²) in [5, 5.41) is 5.07. The van der Waals surface area contributed by atoms with Crippen LogP contribution >= 0.6 is 7.92 Å². The number of benzene rings is 3. The van der Waals surface area contributed by atoms with E-state index in [9.17, 15) is 0 Å². The Morgan fingerprint density at radius 2 is 1.24 bits per heavy atom. The Kier molecular flexibility index (Phi) is 6.09. The highest BCUT2D eigenvalue weighted by Gasteiger charge is 2.09. The molecule has 0 aliphatic rings. The van der Waals surface area contributed by atoms with Crippen molar-refractivity contribution in [3.05, 3.63) is 84.9 Å². The Hall–Kier alpha value is -2.31. The van der Waals surface area contributed by atoms with Gasteiger partial charge in [0.25, 0.3) is 0 Å². The Morgan fingerprint density at radius 1 is 0.720 bits per heavy atom. The molecule has 3 aromatic carbocycles. The zero-order valence-corrected chi connectivity index (χ0v) is 15.8. The second-order valence-electron chi connectivity index (χ2n) is 6.16. The molecule has 0 saturated carbocycles. The van der Waals surface area contributed by atoms with Gasteiger partial charge in [0, 0.05) is 30.2 Å². The van der Waals surface area contributed by atoms with E-state index >= 15 is 0 Å². The van der Waals surface area contributed by atoms with Crippen LogP contribution in [0.4, 0.5) is 17.1 Å². The number of hydrogen-bond donors (Lipinski definition) is 1. The predicted octanol–water partition coefficient (Wildman–Crippen LogP) is 5.30. The van der Waals surface area contributed by atoms with E-state index in [1.54, 1.807) is 0 Å². The third-order valence-electron chi connectivity index (χ3n) is 4.17.